The van der Waals surface area contributed by atoms with Crippen LogP contribution in [0.4, 0.5) is 5.69 Å². The minimum Gasteiger partial charge on any atom is -0.486 e. The zero-order chi connectivity index (χ0) is 19.6. The number of nitrogens with one attached hydrogen (secondary N) is 1. The molecule has 2 N–H and O–H groups in total. The zero-order valence-electron chi connectivity index (χ0n) is 15.5. The van der Waals surface area contributed by atoms with Gasteiger partial charge in [-0.25, -0.2) is 0 Å². The van der Waals surface area contributed by atoms with E-state index in [1.54, 1.807) is 30.3 Å². The van der Waals surface area contributed by atoms with E-state index < -0.39 is 5.60 Å². The summed E-state index contributed by atoms with van der Waals surface area (Å²) in [5.74, 6) is 1.26. The van der Waals surface area contributed by atoms with Gasteiger partial charge in [-0.1, -0.05) is 23.7 Å². The number of ether oxygens (including phenoxy) is 2. The Bertz CT molecular complexity index is 848. The summed E-state index contributed by atoms with van der Waals surface area (Å²) < 4.78 is 11.0. The van der Waals surface area contributed by atoms with Crippen molar-refractivity contribution in [3.05, 3.63) is 53.1 Å². The van der Waals surface area contributed by atoms with E-state index >= 15 is 0 Å². The van der Waals surface area contributed by atoms with Crippen molar-refractivity contribution >= 4 is 23.2 Å². The van der Waals surface area contributed by atoms with Gasteiger partial charge in [0, 0.05) is 29.9 Å². The monoisotopic (exact) mass is 402 g/mol. The Hall–Kier alpha value is -2.28. The third-order valence-corrected chi connectivity index (χ3v) is 5.51. The molecule has 0 bridgehead atoms. The van der Waals surface area contributed by atoms with Crippen LogP contribution in [-0.2, 0) is 10.4 Å². The number of anilines is 1. The Morgan fingerprint density at radius 2 is 1.75 bits per heavy atom. The molecule has 2 aliphatic heterocycles. The molecule has 0 saturated carbocycles. The van der Waals surface area contributed by atoms with Gasteiger partial charge in [0.2, 0.25) is 5.91 Å². The van der Waals surface area contributed by atoms with Crippen LogP contribution < -0.4 is 14.8 Å². The highest BCUT2D eigenvalue weighted by atomic mass is 35.5. The number of benzene rings is 2. The minimum absolute atomic E-state index is 0.0892. The molecule has 0 atom stereocenters. The Morgan fingerprint density at radius 1 is 1.07 bits per heavy atom. The predicted molar refractivity (Wildman–Crippen MR) is 107 cm³/mol. The summed E-state index contributed by atoms with van der Waals surface area (Å²) in [5, 5.41) is 14.5. The number of amides is 1. The summed E-state index contributed by atoms with van der Waals surface area (Å²) >= 11 is 5.93. The number of hydrogen-bond acceptors (Lipinski definition) is 5. The molecule has 2 aromatic rings. The Labute approximate surface area is 169 Å². The molecule has 2 heterocycles. The average molecular weight is 403 g/mol. The van der Waals surface area contributed by atoms with Crippen molar-refractivity contribution in [1.82, 2.24) is 4.90 Å². The number of hydrogen-bond donors (Lipinski definition) is 2. The molecule has 0 aliphatic carbocycles. The van der Waals surface area contributed by atoms with Crippen molar-refractivity contribution < 1.29 is 19.4 Å². The van der Waals surface area contributed by atoms with Crippen LogP contribution in [0.1, 0.15) is 18.4 Å². The van der Waals surface area contributed by atoms with E-state index in [2.05, 4.69) is 10.2 Å². The summed E-state index contributed by atoms with van der Waals surface area (Å²) in [4.78, 5) is 14.5. The molecule has 4 rings (SSSR count). The second kappa shape index (κ2) is 7.99. The molecule has 28 heavy (non-hydrogen) atoms. The van der Waals surface area contributed by atoms with Crippen LogP contribution in [0.5, 0.6) is 11.5 Å². The maximum atomic E-state index is 12.4. The first-order valence-electron chi connectivity index (χ1n) is 9.42. The van der Waals surface area contributed by atoms with E-state index in [1.807, 2.05) is 12.1 Å². The molecule has 1 fully saturated rings. The third kappa shape index (κ3) is 4.24. The van der Waals surface area contributed by atoms with Crippen LogP contribution in [0, 0.1) is 0 Å². The highest BCUT2D eigenvalue weighted by Crippen LogP contribution is 2.34. The highest BCUT2D eigenvalue weighted by molar-refractivity contribution is 6.30. The second-order valence-corrected chi connectivity index (χ2v) is 7.66. The van der Waals surface area contributed by atoms with E-state index in [0.29, 0.717) is 61.4 Å². The fraction of sp³-hybridized carbons (Fsp3) is 0.381. The van der Waals surface area contributed by atoms with Gasteiger partial charge in [0.05, 0.1) is 12.1 Å². The van der Waals surface area contributed by atoms with Gasteiger partial charge in [0.25, 0.3) is 0 Å². The van der Waals surface area contributed by atoms with Crippen molar-refractivity contribution in [1.29, 1.82) is 0 Å². The van der Waals surface area contributed by atoms with Crippen molar-refractivity contribution in [3.63, 3.8) is 0 Å². The summed E-state index contributed by atoms with van der Waals surface area (Å²) in [5.41, 5.74) is 0.689. The first-order chi connectivity index (χ1) is 13.5. The lowest BCUT2D eigenvalue weighted by Crippen LogP contribution is -2.45. The number of carbonyl (C=O) groups excluding carboxylic acids is 1. The molecule has 7 heteroatoms. The number of carbonyl (C=O) groups is 1. The second-order valence-electron chi connectivity index (χ2n) is 7.22. The van der Waals surface area contributed by atoms with Gasteiger partial charge in [-0.3, -0.25) is 9.69 Å². The largest absolute Gasteiger partial charge is 0.486 e. The van der Waals surface area contributed by atoms with Crippen LogP contribution in [0.15, 0.2) is 42.5 Å². The lowest BCUT2D eigenvalue weighted by molar-refractivity contribution is -0.118. The van der Waals surface area contributed by atoms with Crippen molar-refractivity contribution in [2.45, 2.75) is 18.4 Å². The quantitative estimate of drug-likeness (QED) is 0.822. The topological polar surface area (TPSA) is 71.0 Å². The first-order valence-corrected chi connectivity index (χ1v) is 9.80. The van der Waals surface area contributed by atoms with Crippen LogP contribution in [0.3, 0.4) is 0 Å². The van der Waals surface area contributed by atoms with Gasteiger partial charge in [0.15, 0.2) is 11.5 Å². The van der Waals surface area contributed by atoms with Crippen molar-refractivity contribution in [2.24, 2.45) is 0 Å². The lowest BCUT2D eigenvalue weighted by Gasteiger charge is -2.38. The van der Waals surface area contributed by atoms with Crippen LogP contribution >= 0.6 is 11.6 Å². The zero-order valence-corrected chi connectivity index (χ0v) is 16.2. The molecule has 6 nitrogen and oxygen atoms in total. The third-order valence-electron chi connectivity index (χ3n) is 5.26. The van der Waals surface area contributed by atoms with Gasteiger partial charge < -0.3 is 19.9 Å². The smallest absolute Gasteiger partial charge is 0.238 e. The summed E-state index contributed by atoms with van der Waals surface area (Å²) in [6.07, 6.45) is 1.15. The fourth-order valence-electron chi connectivity index (χ4n) is 3.65. The normalized spacial score (nSPS) is 18.5. The predicted octanol–water partition coefficient (Wildman–Crippen LogP) is 3.03. The Morgan fingerprint density at radius 3 is 2.46 bits per heavy atom. The van der Waals surface area contributed by atoms with E-state index in [9.17, 15) is 9.90 Å². The SMILES string of the molecule is O=C(CN1CCC(O)(c2ccc(Cl)cc2)CC1)Nc1ccc2c(c1)OCCO2. The fourth-order valence-corrected chi connectivity index (χ4v) is 3.78. The molecule has 0 spiro atoms. The summed E-state index contributed by atoms with van der Waals surface area (Å²) in [7, 11) is 0. The number of piperidine rings is 1. The van der Waals surface area contributed by atoms with Gasteiger partial charge in [-0.2, -0.15) is 0 Å². The van der Waals surface area contributed by atoms with Gasteiger partial charge in [-0.05, 0) is 42.7 Å². The number of fused-ring (bicyclic) bond motifs is 1. The van der Waals surface area contributed by atoms with Crippen molar-refractivity contribution in [3.8, 4) is 11.5 Å². The van der Waals surface area contributed by atoms with Crippen LogP contribution in [-0.4, -0.2) is 48.8 Å². The van der Waals surface area contributed by atoms with Crippen LogP contribution in [0.25, 0.3) is 0 Å². The molecular formula is C21H23ClN2O4. The molecule has 2 aliphatic rings. The van der Waals surface area contributed by atoms with E-state index in [1.165, 1.54) is 0 Å². The molecule has 2 aromatic carbocycles. The van der Waals surface area contributed by atoms with Gasteiger partial charge >= 0.3 is 0 Å². The number of rotatable bonds is 4. The average Bonchev–Trinajstić information content (AvgIpc) is 2.70. The highest BCUT2D eigenvalue weighted by Gasteiger charge is 2.34. The van der Waals surface area contributed by atoms with E-state index in [-0.39, 0.29) is 12.5 Å². The molecule has 1 saturated heterocycles. The van der Waals surface area contributed by atoms with E-state index in [4.69, 9.17) is 21.1 Å². The molecule has 0 radical (unpaired) electrons. The van der Waals surface area contributed by atoms with E-state index in [0.717, 1.165) is 5.56 Å². The maximum Gasteiger partial charge on any atom is 0.238 e. The number of likely N-dealkylation sites (tertiary alicyclic amines) is 1. The Balaban J connectivity index is 1.31. The summed E-state index contributed by atoms with van der Waals surface area (Å²) in [6, 6.07) is 12.7. The maximum absolute atomic E-state index is 12.4. The van der Waals surface area contributed by atoms with Gasteiger partial charge in [0.1, 0.15) is 13.2 Å². The molecular weight excluding hydrogens is 380 g/mol. The Kier molecular flexibility index (Phi) is 5.44. The molecule has 0 aromatic heterocycles. The van der Waals surface area contributed by atoms with Crippen molar-refractivity contribution in [2.75, 3.05) is 38.2 Å². The van der Waals surface area contributed by atoms with Gasteiger partial charge in [-0.15, -0.1) is 0 Å². The van der Waals surface area contributed by atoms with Crippen LogP contribution in [0.2, 0.25) is 5.02 Å². The summed E-state index contributed by atoms with van der Waals surface area (Å²) in [6.45, 7) is 2.62. The number of aliphatic hydroxyl groups is 1. The molecule has 0 unspecified atom stereocenters. The molecule has 1 amide bonds. The lowest BCUT2D eigenvalue weighted by atomic mass is 9.84. The number of halogens is 1. The first kappa shape index (κ1) is 19.1. The molecule has 148 valence electrons. The standard InChI is InChI=1S/C21H23ClN2O4/c22-16-3-1-15(2-4-16)21(26)7-9-24(10-8-21)14-20(25)23-17-5-6-18-19(13-17)28-12-11-27-18/h1-6,13,26H,7-12,14H2,(H,23,25). The number of nitrogens with zero attached hydrogens (tertiary/aromatic N) is 1. The minimum atomic E-state index is -0.868.